The number of ether oxygens (including phenoxy) is 1. The monoisotopic (exact) mass is 248 g/mol. The average Bonchev–Trinajstić information content (AvgIpc) is 2.86. The highest BCUT2D eigenvalue weighted by Crippen LogP contribution is 2.23. The summed E-state index contributed by atoms with van der Waals surface area (Å²) in [6.45, 7) is 8.41. The van der Waals surface area contributed by atoms with Crippen LogP contribution in [0.4, 0.5) is 5.69 Å². The number of anilines is 1. The predicted molar refractivity (Wildman–Crippen MR) is 76.5 cm³/mol. The van der Waals surface area contributed by atoms with Gasteiger partial charge in [0.05, 0.1) is 6.61 Å². The van der Waals surface area contributed by atoms with Crippen LogP contribution in [0.3, 0.4) is 0 Å². The standard InChI is InChI=1S/C15H24N2O/c1-3-11-18-15-7-5-14(6-8-15)17-10-9-13(12-17)16-4-2/h5-8,13,16H,3-4,9-12H2,1-2H3. The van der Waals surface area contributed by atoms with Gasteiger partial charge in [-0.25, -0.2) is 0 Å². The minimum absolute atomic E-state index is 0.644. The number of rotatable bonds is 6. The van der Waals surface area contributed by atoms with Gasteiger partial charge in [0, 0.05) is 24.8 Å². The molecule has 1 heterocycles. The fourth-order valence-corrected chi connectivity index (χ4v) is 2.42. The van der Waals surface area contributed by atoms with E-state index in [4.69, 9.17) is 4.74 Å². The number of hydrogen-bond acceptors (Lipinski definition) is 3. The van der Waals surface area contributed by atoms with Gasteiger partial charge in [-0.3, -0.25) is 0 Å². The van der Waals surface area contributed by atoms with E-state index in [1.807, 2.05) is 0 Å². The van der Waals surface area contributed by atoms with E-state index in [1.165, 1.54) is 12.1 Å². The van der Waals surface area contributed by atoms with Crippen molar-refractivity contribution in [3.63, 3.8) is 0 Å². The zero-order valence-electron chi connectivity index (χ0n) is 11.5. The van der Waals surface area contributed by atoms with Crippen molar-refractivity contribution in [1.82, 2.24) is 5.32 Å². The Morgan fingerprint density at radius 2 is 2.06 bits per heavy atom. The average molecular weight is 248 g/mol. The second-order valence-electron chi connectivity index (χ2n) is 4.83. The molecule has 3 heteroatoms. The minimum Gasteiger partial charge on any atom is -0.494 e. The van der Waals surface area contributed by atoms with E-state index >= 15 is 0 Å². The Balaban J connectivity index is 1.90. The number of likely N-dealkylation sites (N-methyl/N-ethyl adjacent to an activating group) is 1. The molecule has 1 fully saturated rings. The molecule has 0 radical (unpaired) electrons. The van der Waals surface area contributed by atoms with Gasteiger partial charge >= 0.3 is 0 Å². The van der Waals surface area contributed by atoms with Gasteiger partial charge in [-0.2, -0.15) is 0 Å². The summed E-state index contributed by atoms with van der Waals surface area (Å²) in [6.07, 6.45) is 2.29. The molecule has 1 atom stereocenters. The molecule has 1 unspecified atom stereocenters. The van der Waals surface area contributed by atoms with E-state index in [2.05, 4.69) is 48.3 Å². The maximum atomic E-state index is 5.60. The van der Waals surface area contributed by atoms with Gasteiger partial charge in [-0.1, -0.05) is 13.8 Å². The summed E-state index contributed by atoms with van der Waals surface area (Å²) in [5, 5.41) is 3.52. The lowest BCUT2D eigenvalue weighted by Crippen LogP contribution is -2.32. The Hall–Kier alpha value is -1.22. The second-order valence-corrected chi connectivity index (χ2v) is 4.83. The van der Waals surface area contributed by atoms with Crippen molar-refractivity contribution < 1.29 is 4.74 Å². The highest BCUT2D eigenvalue weighted by Gasteiger charge is 2.21. The zero-order chi connectivity index (χ0) is 12.8. The van der Waals surface area contributed by atoms with Crippen molar-refractivity contribution in [2.75, 3.05) is 31.1 Å². The first kappa shape index (κ1) is 13.2. The SMILES string of the molecule is CCCOc1ccc(N2CCC(NCC)C2)cc1. The number of nitrogens with one attached hydrogen (secondary N) is 1. The van der Waals surface area contributed by atoms with Gasteiger partial charge in [-0.15, -0.1) is 0 Å². The molecular weight excluding hydrogens is 224 g/mol. The molecule has 1 N–H and O–H groups in total. The van der Waals surface area contributed by atoms with Gasteiger partial charge in [0.25, 0.3) is 0 Å². The molecule has 0 aliphatic carbocycles. The fraction of sp³-hybridized carbons (Fsp3) is 0.600. The molecule has 1 aliphatic rings. The van der Waals surface area contributed by atoms with Crippen LogP contribution in [-0.2, 0) is 0 Å². The van der Waals surface area contributed by atoms with E-state index in [9.17, 15) is 0 Å². The molecule has 18 heavy (non-hydrogen) atoms. The quantitative estimate of drug-likeness (QED) is 0.837. The van der Waals surface area contributed by atoms with Crippen LogP contribution in [0.2, 0.25) is 0 Å². The number of hydrogen-bond donors (Lipinski definition) is 1. The summed E-state index contributed by atoms with van der Waals surface area (Å²) in [6, 6.07) is 9.13. The lowest BCUT2D eigenvalue weighted by atomic mass is 10.2. The molecule has 1 aliphatic heterocycles. The van der Waals surface area contributed by atoms with Crippen LogP contribution in [0, 0.1) is 0 Å². The smallest absolute Gasteiger partial charge is 0.119 e. The molecule has 0 spiro atoms. The Morgan fingerprint density at radius 3 is 2.72 bits per heavy atom. The van der Waals surface area contributed by atoms with Crippen LogP contribution in [-0.4, -0.2) is 32.3 Å². The van der Waals surface area contributed by atoms with Crippen molar-refractivity contribution in [2.45, 2.75) is 32.7 Å². The summed E-state index contributed by atoms with van der Waals surface area (Å²) in [5.41, 5.74) is 1.30. The molecular formula is C15H24N2O. The van der Waals surface area contributed by atoms with Crippen molar-refractivity contribution in [1.29, 1.82) is 0 Å². The Bertz CT molecular complexity index is 350. The second kappa shape index (κ2) is 6.64. The van der Waals surface area contributed by atoms with E-state index < -0.39 is 0 Å². The molecule has 0 saturated carbocycles. The third-order valence-corrected chi connectivity index (χ3v) is 3.36. The largest absolute Gasteiger partial charge is 0.494 e. The van der Waals surface area contributed by atoms with Gasteiger partial charge in [0.15, 0.2) is 0 Å². The van der Waals surface area contributed by atoms with E-state index in [-0.39, 0.29) is 0 Å². The minimum atomic E-state index is 0.644. The molecule has 3 nitrogen and oxygen atoms in total. The summed E-state index contributed by atoms with van der Waals surface area (Å²) in [4.78, 5) is 2.44. The van der Waals surface area contributed by atoms with Crippen LogP contribution < -0.4 is 15.0 Å². The molecule has 1 aromatic carbocycles. The van der Waals surface area contributed by atoms with Gasteiger partial charge in [-0.05, 0) is 43.7 Å². The normalized spacial score (nSPS) is 19.2. The molecule has 2 rings (SSSR count). The molecule has 0 aromatic heterocycles. The van der Waals surface area contributed by atoms with Gasteiger partial charge < -0.3 is 15.0 Å². The molecule has 1 saturated heterocycles. The highest BCUT2D eigenvalue weighted by atomic mass is 16.5. The summed E-state index contributed by atoms with van der Waals surface area (Å²) >= 11 is 0. The summed E-state index contributed by atoms with van der Waals surface area (Å²) in [7, 11) is 0. The molecule has 1 aromatic rings. The van der Waals surface area contributed by atoms with Crippen LogP contribution >= 0.6 is 0 Å². The molecule has 0 amide bonds. The van der Waals surface area contributed by atoms with E-state index in [0.29, 0.717) is 6.04 Å². The summed E-state index contributed by atoms with van der Waals surface area (Å²) in [5.74, 6) is 0.975. The summed E-state index contributed by atoms with van der Waals surface area (Å²) < 4.78 is 5.60. The van der Waals surface area contributed by atoms with Crippen LogP contribution in [0.15, 0.2) is 24.3 Å². The Labute approximate surface area is 110 Å². The topological polar surface area (TPSA) is 24.5 Å². The van der Waals surface area contributed by atoms with Crippen molar-refractivity contribution in [3.05, 3.63) is 24.3 Å². The van der Waals surface area contributed by atoms with Crippen LogP contribution in [0.5, 0.6) is 5.75 Å². The maximum Gasteiger partial charge on any atom is 0.119 e. The molecule has 0 bridgehead atoms. The van der Waals surface area contributed by atoms with Crippen molar-refractivity contribution >= 4 is 5.69 Å². The predicted octanol–water partition coefficient (Wildman–Crippen LogP) is 2.66. The maximum absolute atomic E-state index is 5.60. The Morgan fingerprint density at radius 1 is 1.28 bits per heavy atom. The first-order valence-electron chi connectivity index (χ1n) is 7.04. The number of benzene rings is 1. The van der Waals surface area contributed by atoms with Crippen molar-refractivity contribution in [2.24, 2.45) is 0 Å². The lowest BCUT2D eigenvalue weighted by molar-refractivity contribution is 0.317. The third-order valence-electron chi connectivity index (χ3n) is 3.36. The van der Waals surface area contributed by atoms with Crippen molar-refractivity contribution in [3.8, 4) is 5.75 Å². The number of nitrogens with zero attached hydrogens (tertiary/aromatic N) is 1. The van der Waals surface area contributed by atoms with Crippen LogP contribution in [0.1, 0.15) is 26.7 Å². The zero-order valence-corrected chi connectivity index (χ0v) is 11.5. The van der Waals surface area contributed by atoms with E-state index in [0.717, 1.165) is 38.4 Å². The third kappa shape index (κ3) is 3.39. The fourth-order valence-electron chi connectivity index (χ4n) is 2.42. The van der Waals surface area contributed by atoms with E-state index in [1.54, 1.807) is 0 Å². The Kier molecular flexibility index (Phi) is 4.88. The first-order valence-corrected chi connectivity index (χ1v) is 7.04. The highest BCUT2D eigenvalue weighted by molar-refractivity contribution is 5.50. The van der Waals surface area contributed by atoms with Crippen LogP contribution in [0.25, 0.3) is 0 Å². The van der Waals surface area contributed by atoms with Gasteiger partial charge in [0.2, 0.25) is 0 Å². The first-order chi connectivity index (χ1) is 8.83. The lowest BCUT2D eigenvalue weighted by Gasteiger charge is -2.19. The van der Waals surface area contributed by atoms with Gasteiger partial charge in [0.1, 0.15) is 5.75 Å². The molecule has 100 valence electrons.